The number of amides is 1. The van der Waals surface area contributed by atoms with Crippen LogP contribution >= 0.6 is 0 Å². The first-order chi connectivity index (χ1) is 7.86. The van der Waals surface area contributed by atoms with Crippen molar-refractivity contribution in [2.24, 2.45) is 5.73 Å². The molecule has 1 amide bonds. The van der Waals surface area contributed by atoms with E-state index in [-0.39, 0.29) is 18.0 Å². The Kier molecular flexibility index (Phi) is 4.17. The number of carbonyl (C=O) groups is 1. The summed E-state index contributed by atoms with van der Waals surface area (Å²) in [6.07, 6.45) is 0.463. The van der Waals surface area contributed by atoms with E-state index in [1.165, 1.54) is 0 Å². The quantitative estimate of drug-likeness (QED) is 0.844. The summed E-state index contributed by atoms with van der Waals surface area (Å²) in [6.45, 7) is 3.29. The predicted molar refractivity (Wildman–Crippen MR) is 61.1 cm³/mol. The van der Waals surface area contributed by atoms with E-state index in [1.54, 1.807) is 13.8 Å². The highest BCUT2D eigenvalue weighted by Gasteiger charge is 2.25. The molecule has 5 heteroatoms. The lowest BCUT2D eigenvalue weighted by Crippen LogP contribution is -2.50. The number of benzene rings is 1. The monoisotopic (exact) mass is 242 g/mol. The standard InChI is InChI=1S/C12H16F2N2O/c1-3-12(2,15)11(17)16-7-8-6-9(13)4-5-10(8)14/h4-6H,3,7,15H2,1-2H3,(H,16,17). The third-order valence-corrected chi connectivity index (χ3v) is 2.70. The van der Waals surface area contributed by atoms with Crippen molar-refractivity contribution in [3.8, 4) is 0 Å². The molecule has 0 aliphatic rings. The molecule has 3 N–H and O–H groups in total. The largest absolute Gasteiger partial charge is 0.350 e. The number of nitrogens with two attached hydrogens (primary N) is 1. The van der Waals surface area contributed by atoms with Gasteiger partial charge < -0.3 is 11.1 Å². The number of hydrogen-bond donors (Lipinski definition) is 2. The number of hydrogen-bond acceptors (Lipinski definition) is 2. The van der Waals surface area contributed by atoms with Crippen LogP contribution in [0.1, 0.15) is 25.8 Å². The van der Waals surface area contributed by atoms with Gasteiger partial charge in [0, 0.05) is 12.1 Å². The van der Waals surface area contributed by atoms with Crippen LogP contribution < -0.4 is 11.1 Å². The molecular formula is C12H16F2N2O. The molecule has 3 nitrogen and oxygen atoms in total. The second-order valence-corrected chi connectivity index (χ2v) is 4.19. The molecule has 0 radical (unpaired) electrons. The topological polar surface area (TPSA) is 55.1 Å². The molecule has 17 heavy (non-hydrogen) atoms. The number of rotatable bonds is 4. The van der Waals surface area contributed by atoms with Crippen molar-refractivity contribution in [2.75, 3.05) is 0 Å². The number of nitrogens with one attached hydrogen (secondary N) is 1. The molecule has 1 atom stereocenters. The molecule has 94 valence electrons. The van der Waals surface area contributed by atoms with Gasteiger partial charge in [-0.15, -0.1) is 0 Å². The van der Waals surface area contributed by atoms with E-state index in [4.69, 9.17) is 5.73 Å². The maximum atomic E-state index is 13.2. The fourth-order valence-electron chi connectivity index (χ4n) is 1.22. The summed E-state index contributed by atoms with van der Waals surface area (Å²) < 4.78 is 26.1. The SMILES string of the molecule is CCC(C)(N)C(=O)NCc1cc(F)ccc1F. The van der Waals surface area contributed by atoms with Gasteiger partial charge >= 0.3 is 0 Å². The molecule has 0 bridgehead atoms. The Labute approximate surface area is 99.0 Å². The Balaban J connectivity index is 2.68. The number of carbonyl (C=O) groups excluding carboxylic acids is 1. The van der Waals surface area contributed by atoms with Crippen molar-refractivity contribution in [2.45, 2.75) is 32.4 Å². The van der Waals surface area contributed by atoms with Crippen molar-refractivity contribution in [1.82, 2.24) is 5.32 Å². The molecule has 0 aliphatic carbocycles. The fraction of sp³-hybridized carbons (Fsp3) is 0.417. The molecule has 1 unspecified atom stereocenters. The van der Waals surface area contributed by atoms with Gasteiger partial charge in [0.15, 0.2) is 0 Å². The highest BCUT2D eigenvalue weighted by molar-refractivity contribution is 5.85. The fourth-order valence-corrected chi connectivity index (χ4v) is 1.22. The molecule has 1 rings (SSSR count). The summed E-state index contributed by atoms with van der Waals surface area (Å²) in [5.41, 5.74) is 4.82. The van der Waals surface area contributed by atoms with Crippen LogP contribution in [0.3, 0.4) is 0 Å². The maximum Gasteiger partial charge on any atom is 0.240 e. The average Bonchev–Trinajstić information content (AvgIpc) is 2.29. The van der Waals surface area contributed by atoms with Gasteiger partial charge in [-0.05, 0) is 31.5 Å². The van der Waals surface area contributed by atoms with Crippen LogP contribution in [0.2, 0.25) is 0 Å². The van der Waals surface area contributed by atoms with Crippen LogP contribution in [0.25, 0.3) is 0 Å². The normalized spacial score (nSPS) is 14.2. The van der Waals surface area contributed by atoms with E-state index in [1.807, 2.05) is 0 Å². The smallest absolute Gasteiger partial charge is 0.240 e. The van der Waals surface area contributed by atoms with Crippen LogP contribution in [0.5, 0.6) is 0 Å². The molecule has 0 aliphatic heterocycles. The second-order valence-electron chi connectivity index (χ2n) is 4.19. The maximum absolute atomic E-state index is 13.2. The molecule has 0 fully saturated rings. The lowest BCUT2D eigenvalue weighted by Gasteiger charge is -2.21. The van der Waals surface area contributed by atoms with Gasteiger partial charge in [0.25, 0.3) is 0 Å². The van der Waals surface area contributed by atoms with Crippen molar-refractivity contribution in [1.29, 1.82) is 0 Å². The Morgan fingerprint density at radius 3 is 2.71 bits per heavy atom. The van der Waals surface area contributed by atoms with Gasteiger partial charge in [-0.25, -0.2) is 8.78 Å². The first kappa shape index (κ1) is 13.6. The summed E-state index contributed by atoms with van der Waals surface area (Å²) in [5.74, 6) is -1.48. The first-order valence-corrected chi connectivity index (χ1v) is 5.38. The van der Waals surface area contributed by atoms with Crippen LogP contribution in [0, 0.1) is 11.6 Å². The molecular weight excluding hydrogens is 226 g/mol. The van der Waals surface area contributed by atoms with Gasteiger partial charge in [-0.1, -0.05) is 6.92 Å². The van der Waals surface area contributed by atoms with E-state index in [0.29, 0.717) is 6.42 Å². The van der Waals surface area contributed by atoms with Crippen LogP contribution in [-0.4, -0.2) is 11.4 Å². The molecule has 0 saturated heterocycles. The zero-order valence-electron chi connectivity index (χ0n) is 9.89. The van der Waals surface area contributed by atoms with E-state index in [0.717, 1.165) is 18.2 Å². The molecule has 0 spiro atoms. The lowest BCUT2D eigenvalue weighted by molar-refractivity contribution is -0.126. The minimum atomic E-state index is -0.996. The van der Waals surface area contributed by atoms with Gasteiger partial charge in [0.2, 0.25) is 5.91 Å². The number of halogens is 2. The highest BCUT2D eigenvalue weighted by atomic mass is 19.1. The van der Waals surface area contributed by atoms with Crippen molar-refractivity contribution in [3.63, 3.8) is 0 Å². The molecule has 0 saturated carbocycles. The van der Waals surface area contributed by atoms with Crippen LogP contribution in [0.4, 0.5) is 8.78 Å². The molecule has 1 aromatic carbocycles. The Morgan fingerprint density at radius 2 is 2.12 bits per heavy atom. The highest BCUT2D eigenvalue weighted by Crippen LogP contribution is 2.10. The van der Waals surface area contributed by atoms with Gasteiger partial charge in [-0.2, -0.15) is 0 Å². The van der Waals surface area contributed by atoms with E-state index in [2.05, 4.69) is 5.32 Å². The Hall–Kier alpha value is -1.49. The zero-order chi connectivity index (χ0) is 13.1. The summed E-state index contributed by atoms with van der Waals surface area (Å²) in [4.78, 5) is 11.6. The summed E-state index contributed by atoms with van der Waals surface area (Å²) in [7, 11) is 0. The Bertz CT molecular complexity index is 419. The summed E-state index contributed by atoms with van der Waals surface area (Å²) in [6, 6.07) is 3.10. The van der Waals surface area contributed by atoms with Crippen molar-refractivity contribution >= 4 is 5.91 Å². The minimum absolute atomic E-state index is 0.0742. The third-order valence-electron chi connectivity index (χ3n) is 2.70. The predicted octanol–water partition coefficient (Wildman–Crippen LogP) is 1.71. The molecule has 0 heterocycles. The summed E-state index contributed by atoms with van der Waals surface area (Å²) in [5, 5.41) is 2.49. The van der Waals surface area contributed by atoms with Gasteiger partial charge in [0.05, 0.1) is 5.54 Å². The average molecular weight is 242 g/mol. The van der Waals surface area contributed by atoms with E-state index in [9.17, 15) is 13.6 Å². The minimum Gasteiger partial charge on any atom is -0.350 e. The third kappa shape index (κ3) is 3.49. The second kappa shape index (κ2) is 5.23. The van der Waals surface area contributed by atoms with E-state index < -0.39 is 17.2 Å². The van der Waals surface area contributed by atoms with Crippen molar-refractivity contribution < 1.29 is 13.6 Å². The van der Waals surface area contributed by atoms with E-state index >= 15 is 0 Å². The molecule has 0 aromatic heterocycles. The lowest BCUT2D eigenvalue weighted by atomic mass is 9.99. The van der Waals surface area contributed by atoms with Crippen LogP contribution in [0.15, 0.2) is 18.2 Å². The first-order valence-electron chi connectivity index (χ1n) is 5.38. The Morgan fingerprint density at radius 1 is 1.47 bits per heavy atom. The van der Waals surface area contributed by atoms with Crippen molar-refractivity contribution in [3.05, 3.63) is 35.4 Å². The zero-order valence-corrected chi connectivity index (χ0v) is 9.89. The summed E-state index contributed by atoms with van der Waals surface area (Å²) >= 11 is 0. The van der Waals surface area contributed by atoms with Gasteiger partial charge in [-0.3, -0.25) is 4.79 Å². The molecule has 1 aromatic rings. The van der Waals surface area contributed by atoms with Crippen LogP contribution in [-0.2, 0) is 11.3 Å². The van der Waals surface area contributed by atoms with Gasteiger partial charge in [0.1, 0.15) is 11.6 Å².